The van der Waals surface area contributed by atoms with Crippen LogP contribution < -0.4 is 10.6 Å². The Kier molecular flexibility index (Phi) is 3.51. The van der Waals surface area contributed by atoms with Crippen LogP contribution in [0.4, 0.5) is 10.1 Å². The van der Waals surface area contributed by atoms with Gasteiger partial charge in [-0.15, -0.1) is 0 Å². The van der Waals surface area contributed by atoms with Gasteiger partial charge in [0.2, 0.25) is 5.91 Å². The van der Waals surface area contributed by atoms with Crippen LogP contribution in [0.5, 0.6) is 0 Å². The molecule has 0 radical (unpaired) electrons. The minimum Gasteiger partial charge on any atom is -0.324 e. The highest BCUT2D eigenvalue weighted by Crippen LogP contribution is 2.18. The summed E-state index contributed by atoms with van der Waals surface area (Å²) in [5, 5.41) is 5.78. The Balaban J connectivity index is 1.75. The first-order chi connectivity index (χ1) is 7.75. The fourth-order valence-corrected chi connectivity index (χ4v) is 1.45. The third-order valence-electron chi connectivity index (χ3n) is 2.51. The van der Waals surface area contributed by atoms with Crippen molar-refractivity contribution in [2.24, 2.45) is 0 Å². The van der Waals surface area contributed by atoms with Crippen molar-refractivity contribution in [3.05, 3.63) is 30.1 Å². The van der Waals surface area contributed by atoms with Gasteiger partial charge in [0, 0.05) is 19.0 Å². The number of amides is 1. The lowest BCUT2D eigenvalue weighted by Gasteiger charge is -2.06. The molecule has 0 heterocycles. The van der Waals surface area contributed by atoms with Crippen molar-refractivity contribution in [1.82, 2.24) is 5.32 Å². The summed E-state index contributed by atoms with van der Waals surface area (Å²) in [5.74, 6) is -0.552. The molecule has 1 aromatic carbocycles. The average molecular weight is 222 g/mol. The number of nitrogens with one attached hydrogen (secondary N) is 2. The Hall–Kier alpha value is -1.42. The summed E-state index contributed by atoms with van der Waals surface area (Å²) >= 11 is 0. The SMILES string of the molecule is O=C(CCNC1CC1)Nc1ccccc1F. The highest BCUT2D eigenvalue weighted by molar-refractivity contribution is 5.90. The molecule has 0 spiro atoms. The van der Waals surface area contributed by atoms with Crippen molar-refractivity contribution in [2.45, 2.75) is 25.3 Å². The molecule has 2 rings (SSSR count). The molecule has 1 saturated carbocycles. The molecule has 1 aromatic rings. The fourth-order valence-electron chi connectivity index (χ4n) is 1.45. The maximum absolute atomic E-state index is 13.2. The van der Waals surface area contributed by atoms with Crippen molar-refractivity contribution in [2.75, 3.05) is 11.9 Å². The molecule has 0 unspecified atom stereocenters. The molecule has 2 N–H and O–H groups in total. The smallest absolute Gasteiger partial charge is 0.225 e. The van der Waals surface area contributed by atoms with Gasteiger partial charge in [-0.1, -0.05) is 12.1 Å². The van der Waals surface area contributed by atoms with Gasteiger partial charge in [-0.05, 0) is 25.0 Å². The zero-order valence-corrected chi connectivity index (χ0v) is 9.00. The van der Waals surface area contributed by atoms with E-state index in [1.807, 2.05) is 0 Å². The maximum atomic E-state index is 13.2. The van der Waals surface area contributed by atoms with E-state index in [1.165, 1.54) is 18.9 Å². The van der Waals surface area contributed by atoms with Gasteiger partial charge in [-0.3, -0.25) is 4.79 Å². The molecular weight excluding hydrogens is 207 g/mol. The summed E-state index contributed by atoms with van der Waals surface area (Å²) in [7, 11) is 0. The van der Waals surface area contributed by atoms with Crippen molar-refractivity contribution in [1.29, 1.82) is 0 Å². The molecule has 16 heavy (non-hydrogen) atoms. The van der Waals surface area contributed by atoms with Crippen LogP contribution in [0.1, 0.15) is 19.3 Å². The van der Waals surface area contributed by atoms with Crippen LogP contribution in [0.3, 0.4) is 0 Å². The second kappa shape index (κ2) is 5.07. The summed E-state index contributed by atoms with van der Waals surface area (Å²) in [6.45, 7) is 0.658. The summed E-state index contributed by atoms with van der Waals surface area (Å²) < 4.78 is 13.2. The van der Waals surface area contributed by atoms with Gasteiger partial charge < -0.3 is 10.6 Å². The number of halogens is 1. The maximum Gasteiger partial charge on any atom is 0.225 e. The van der Waals surface area contributed by atoms with E-state index in [0.717, 1.165) is 0 Å². The van der Waals surface area contributed by atoms with E-state index in [9.17, 15) is 9.18 Å². The van der Waals surface area contributed by atoms with Gasteiger partial charge in [0.05, 0.1) is 5.69 Å². The lowest BCUT2D eigenvalue weighted by Crippen LogP contribution is -2.23. The number of para-hydroxylation sites is 1. The average Bonchev–Trinajstić information content (AvgIpc) is 3.05. The van der Waals surface area contributed by atoms with Crippen LogP contribution >= 0.6 is 0 Å². The van der Waals surface area contributed by atoms with Crippen LogP contribution in [-0.4, -0.2) is 18.5 Å². The van der Waals surface area contributed by atoms with E-state index >= 15 is 0 Å². The van der Waals surface area contributed by atoms with E-state index in [-0.39, 0.29) is 11.6 Å². The lowest BCUT2D eigenvalue weighted by atomic mass is 10.3. The summed E-state index contributed by atoms with van der Waals surface area (Å²) in [4.78, 5) is 11.4. The zero-order chi connectivity index (χ0) is 11.4. The Labute approximate surface area is 94.0 Å². The van der Waals surface area contributed by atoms with Gasteiger partial charge >= 0.3 is 0 Å². The first kappa shape index (κ1) is 11.1. The van der Waals surface area contributed by atoms with Gasteiger partial charge in [0.1, 0.15) is 5.82 Å². The van der Waals surface area contributed by atoms with Crippen LogP contribution in [0, 0.1) is 5.82 Å². The molecule has 3 nitrogen and oxygen atoms in total. The van der Waals surface area contributed by atoms with Gasteiger partial charge in [0.15, 0.2) is 0 Å². The second-order valence-electron chi connectivity index (χ2n) is 4.01. The van der Waals surface area contributed by atoms with E-state index < -0.39 is 5.82 Å². The fraction of sp³-hybridized carbons (Fsp3) is 0.417. The van der Waals surface area contributed by atoms with Crippen molar-refractivity contribution >= 4 is 11.6 Å². The third kappa shape index (κ3) is 3.31. The molecule has 1 amide bonds. The van der Waals surface area contributed by atoms with Crippen LogP contribution in [0.2, 0.25) is 0 Å². The predicted octanol–water partition coefficient (Wildman–Crippen LogP) is 1.91. The largest absolute Gasteiger partial charge is 0.324 e. The Morgan fingerprint density at radius 2 is 2.12 bits per heavy atom. The number of anilines is 1. The molecule has 0 saturated heterocycles. The van der Waals surface area contributed by atoms with Gasteiger partial charge in [-0.25, -0.2) is 4.39 Å². The third-order valence-corrected chi connectivity index (χ3v) is 2.51. The molecule has 1 aliphatic rings. The Morgan fingerprint density at radius 1 is 1.38 bits per heavy atom. The van der Waals surface area contributed by atoms with Crippen molar-refractivity contribution < 1.29 is 9.18 Å². The lowest BCUT2D eigenvalue weighted by molar-refractivity contribution is -0.116. The highest BCUT2D eigenvalue weighted by Gasteiger charge is 2.20. The molecule has 1 aliphatic carbocycles. The van der Waals surface area contributed by atoms with Gasteiger partial charge in [-0.2, -0.15) is 0 Å². The summed E-state index contributed by atoms with van der Waals surface area (Å²) in [5.41, 5.74) is 0.249. The van der Waals surface area contributed by atoms with E-state index in [2.05, 4.69) is 10.6 Å². The Morgan fingerprint density at radius 3 is 2.81 bits per heavy atom. The Bertz CT molecular complexity index is 377. The van der Waals surface area contributed by atoms with Gasteiger partial charge in [0.25, 0.3) is 0 Å². The first-order valence-electron chi connectivity index (χ1n) is 5.53. The number of hydrogen-bond donors (Lipinski definition) is 2. The van der Waals surface area contributed by atoms with Crippen LogP contribution in [-0.2, 0) is 4.79 Å². The highest BCUT2D eigenvalue weighted by atomic mass is 19.1. The minimum absolute atomic E-state index is 0.154. The van der Waals surface area contributed by atoms with E-state index in [0.29, 0.717) is 19.0 Å². The standard InChI is InChI=1S/C12H15FN2O/c13-10-3-1-2-4-11(10)15-12(16)7-8-14-9-5-6-9/h1-4,9,14H,5-8H2,(H,15,16). The quantitative estimate of drug-likeness (QED) is 0.799. The number of carbonyl (C=O) groups is 1. The summed E-state index contributed by atoms with van der Waals surface area (Å²) in [6.07, 6.45) is 2.79. The number of carbonyl (C=O) groups excluding carboxylic acids is 1. The molecule has 0 aromatic heterocycles. The van der Waals surface area contributed by atoms with Crippen molar-refractivity contribution in [3.8, 4) is 0 Å². The predicted molar refractivity (Wildman–Crippen MR) is 60.7 cm³/mol. The summed E-state index contributed by atoms with van der Waals surface area (Å²) in [6, 6.07) is 6.78. The van der Waals surface area contributed by atoms with Crippen LogP contribution in [0.25, 0.3) is 0 Å². The molecule has 4 heteroatoms. The number of benzene rings is 1. The first-order valence-corrected chi connectivity index (χ1v) is 5.53. The topological polar surface area (TPSA) is 41.1 Å². The monoisotopic (exact) mass is 222 g/mol. The zero-order valence-electron chi connectivity index (χ0n) is 9.00. The van der Waals surface area contributed by atoms with Crippen molar-refractivity contribution in [3.63, 3.8) is 0 Å². The molecule has 86 valence electrons. The molecule has 0 atom stereocenters. The van der Waals surface area contributed by atoms with Crippen LogP contribution in [0.15, 0.2) is 24.3 Å². The number of hydrogen-bond acceptors (Lipinski definition) is 2. The number of rotatable bonds is 5. The molecule has 0 aliphatic heterocycles. The van der Waals surface area contributed by atoms with E-state index in [4.69, 9.17) is 0 Å². The van der Waals surface area contributed by atoms with E-state index in [1.54, 1.807) is 18.2 Å². The molecule has 0 bridgehead atoms. The minimum atomic E-state index is -0.397. The normalized spacial score (nSPS) is 14.8. The molecular formula is C12H15FN2O. The second-order valence-corrected chi connectivity index (χ2v) is 4.01. The molecule has 1 fully saturated rings.